The molecule has 14 heavy (non-hydrogen) atoms. The van der Waals surface area contributed by atoms with Crippen molar-refractivity contribution in [2.45, 2.75) is 0 Å². The van der Waals surface area contributed by atoms with Crippen LogP contribution in [0.4, 0.5) is 6.01 Å². The minimum atomic E-state index is 0.0748. The fourth-order valence-corrected chi connectivity index (χ4v) is 1.91. The normalized spacial score (nSPS) is 10.4. The predicted molar refractivity (Wildman–Crippen MR) is 64.6 cm³/mol. The van der Waals surface area contributed by atoms with E-state index in [2.05, 4.69) is 48.7 Å². The van der Waals surface area contributed by atoms with Gasteiger partial charge in [-0.3, -0.25) is 0 Å². The molecule has 1 aromatic heterocycles. The number of hydrogen-bond donors (Lipinski definition) is 1. The van der Waals surface area contributed by atoms with E-state index in [0.29, 0.717) is 5.89 Å². The Bertz CT molecular complexity index is 471. The molecule has 0 atom stereocenters. The Morgan fingerprint density at radius 3 is 2.79 bits per heavy atom. The van der Waals surface area contributed by atoms with Crippen LogP contribution in [-0.4, -0.2) is 10.2 Å². The lowest BCUT2D eigenvalue weighted by Gasteiger charge is -1.99. The fraction of sp³-hybridized carbons (Fsp3) is 0. The number of hydrogen-bond acceptors (Lipinski definition) is 4. The van der Waals surface area contributed by atoms with Crippen LogP contribution in [0.5, 0.6) is 0 Å². The highest BCUT2D eigenvalue weighted by Crippen LogP contribution is 2.28. The van der Waals surface area contributed by atoms with Gasteiger partial charge in [0.15, 0.2) is 0 Å². The molecule has 1 aromatic carbocycles. The first-order valence-corrected chi connectivity index (χ1v) is 5.58. The molecular weight excluding hydrogens is 361 g/mol. The zero-order valence-electron chi connectivity index (χ0n) is 6.87. The maximum atomic E-state index is 5.35. The van der Waals surface area contributed by atoms with Gasteiger partial charge < -0.3 is 10.2 Å². The summed E-state index contributed by atoms with van der Waals surface area (Å²) in [4.78, 5) is 0. The molecule has 2 aromatic rings. The lowest BCUT2D eigenvalue weighted by molar-refractivity contribution is 0.590. The van der Waals surface area contributed by atoms with Gasteiger partial charge in [0.2, 0.25) is 0 Å². The second kappa shape index (κ2) is 3.85. The number of nitrogens with zero attached hydrogens (tertiary/aromatic N) is 2. The van der Waals surface area contributed by atoms with E-state index in [-0.39, 0.29) is 6.01 Å². The molecule has 0 radical (unpaired) electrons. The summed E-state index contributed by atoms with van der Waals surface area (Å²) in [5, 5.41) is 7.41. The Kier molecular flexibility index (Phi) is 2.73. The van der Waals surface area contributed by atoms with Crippen LogP contribution >= 0.6 is 38.5 Å². The van der Waals surface area contributed by atoms with Crippen molar-refractivity contribution in [2.75, 3.05) is 5.73 Å². The zero-order valence-corrected chi connectivity index (χ0v) is 10.6. The van der Waals surface area contributed by atoms with Crippen LogP contribution in [0.25, 0.3) is 11.5 Å². The number of benzene rings is 1. The summed E-state index contributed by atoms with van der Waals surface area (Å²) < 4.78 is 7.13. The molecule has 0 aliphatic rings. The molecule has 2 rings (SSSR count). The Labute approximate surface area is 102 Å². The Hall–Kier alpha value is -0.630. The summed E-state index contributed by atoms with van der Waals surface area (Å²) in [6, 6.07) is 5.92. The van der Waals surface area contributed by atoms with Crippen LogP contribution in [0, 0.1) is 3.57 Å². The number of anilines is 1. The standard InChI is InChI=1S/C8H5BrIN3O/c9-6-2-1-4(10)3-5(6)7-12-13-8(11)14-7/h1-3H,(H2,11,13). The van der Waals surface area contributed by atoms with Gasteiger partial charge in [0.1, 0.15) is 0 Å². The molecule has 72 valence electrons. The lowest BCUT2D eigenvalue weighted by Crippen LogP contribution is -1.81. The molecule has 0 amide bonds. The van der Waals surface area contributed by atoms with Crippen molar-refractivity contribution in [1.29, 1.82) is 0 Å². The third-order valence-corrected chi connectivity index (χ3v) is 2.96. The summed E-state index contributed by atoms with van der Waals surface area (Å²) in [5.74, 6) is 0.424. The summed E-state index contributed by atoms with van der Waals surface area (Å²) in [7, 11) is 0. The van der Waals surface area contributed by atoms with Crippen LogP contribution in [0.3, 0.4) is 0 Å². The smallest absolute Gasteiger partial charge is 0.313 e. The number of nitrogens with two attached hydrogens (primary N) is 1. The number of aromatic nitrogens is 2. The average molecular weight is 366 g/mol. The summed E-state index contributed by atoms with van der Waals surface area (Å²) >= 11 is 5.62. The first-order chi connectivity index (χ1) is 6.66. The largest absolute Gasteiger partial charge is 0.404 e. The highest BCUT2D eigenvalue weighted by Gasteiger charge is 2.10. The van der Waals surface area contributed by atoms with E-state index in [4.69, 9.17) is 10.2 Å². The Balaban J connectivity index is 2.55. The van der Waals surface area contributed by atoms with Crippen molar-refractivity contribution in [1.82, 2.24) is 10.2 Å². The van der Waals surface area contributed by atoms with Crippen molar-refractivity contribution in [3.8, 4) is 11.5 Å². The van der Waals surface area contributed by atoms with Crippen molar-refractivity contribution in [2.24, 2.45) is 0 Å². The third-order valence-electron chi connectivity index (χ3n) is 1.60. The van der Waals surface area contributed by atoms with E-state index >= 15 is 0 Å². The molecule has 0 fully saturated rings. The second-order valence-corrected chi connectivity index (χ2v) is 4.67. The number of nitrogen functional groups attached to an aromatic ring is 1. The van der Waals surface area contributed by atoms with E-state index < -0.39 is 0 Å². The highest BCUT2D eigenvalue weighted by atomic mass is 127. The van der Waals surface area contributed by atoms with Gasteiger partial charge in [0.25, 0.3) is 5.89 Å². The van der Waals surface area contributed by atoms with Crippen molar-refractivity contribution < 1.29 is 4.42 Å². The Morgan fingerprint density at radius 2 is 2.14 bits per heavy atom. The van der Waals surface area contributed by atoms with E-state index in [1.165, 1.54) is 0 Å². The van der Waals surface area contributed by atoms with Gasteiger partial charge in [-0.25, -0.2) is 0 Å². The van der Waals surface area contributed by atoms with Crippen molar-refractivity contribution in [3.05, 3.63) is 26.2 Å². The highest BCUT2D eigenvalue weighted by molar-refractivity contribution is 14.1. The molecule has 1 heterocycles. The third kappa shape index (κ3) is 1.90. The Morgan fingerprint density at radius 1 is 1.36 bits per heavy atom. The molecule has 6 heteroatoms. The summed E-state index contributed by atoms with van der Waals surface area (Å²) in [6.45, 7) is 0. The maximum Gasteiger partial charge on any atom is 0.313 e. The average Bonchev–Trinajstić information content (AvgIpc) is 2.56. The topological polar surface area (TPSA) is 64.9 Å². The molecule has 0 saturated heterocycles. The summed E-state index contributed by atoms with van der Waals surface area (Å²) in [5.41, 5.74) is 6.19. The first kappa shape index (κ1) is 9.91. The minimum absolute atomic E-state index is 0.0748. The molecule has 2 N–H and O–H groups in total. The molecule has 0 aliphatic carbocycles. The SMILES string of the molecule is Nc1nnc(-c2cc(I)ccc2Br)o1. The molecular formula is C8H5BrIN3O. The molecule has 0 bridgehead atoms. The fourth-order valence-electron chi connectivity index (χ4n) is 1.00. The molecule has 0 spiro atoms. The minimum Gasteiger partial charge on any atom is -0.404 e. The molecule has 4 nitrogen and oxygen atoms in total. The van der Waals surface area contributed by atoms with Crippen LogP contribution in [0.1, 0.15) is 0 Å². The van der Waals surface area contributed by atoms with Gasteiger partial charge in [0, 0.05) is 8.04 Å². The monoisotopic (exact) mass is 365 g/mol. The lowest BCUT2D eigenvalue weighted by atomic mass is 10.2. The number of halogens is 2. The molecule has 0 unspecified atom stereocenters. The van der Waals surface area contributed by atoms with Crippen LogP contribution in [0.2, 0.25) is 0 Å². The maximum absolute atomic E-state index is 5.35. The van der Waals surface area contributed by atoms with Crippen LogP contribution in [-0.2, 0) is 0 Å². The van der Waals surface area contributed by atoms with Gasteiger partial charge in [-0.2, -0.15) is 0 Å². The van der Waals surface area contributed by atoms with Crippen molar-refractivity contribution in [3.63, 3.8) is 0 Å². The van der Waals surface area contributed by atoms with Crippen LogP contribution in [0.15, 0.2) is 27.1 Å². The first-order valence-electron chi connectivity index (χ1n) is 3.71. The van der Waals surface area contributed by atoms with Gasteiger partial charge in [-0.05, 0) is 56.7 Å². The van der Waals surface area contributed by atoms with Gasteiger partial charge in [-0.1, -0.05) is 5.10 Å². The summed E-state index contributed by atoms with van der Waals surface area (Å²) in [6.07, 6.45) is 0. The quantitative estimate of drug-likeness (QED) is 0.789. The van der Waals surface area contributed by atoms with E-state index in [9.17, 15) is 0 Å². The van der Waals surface area contributed by atoms with Gasteiger partial charge in [-0.15, -0.1) is 5.10 Å². The number of rotatable bonds is 1. The van der Waals surface area contributed by atoms with E-state index in [1.54, 1.807) is 0 Å². The van der Waals surface area contributed by atoms with Crippen molar-refractivity contribution >= 4 is 44.5 Å². The van der Waals surface area contributed by atoms with Crippen LogP contribution < -0.4 is 5.73 Å². The molecule has 0 saturated carbocycles. The van der Waals surface area contributed by atoms with E-state index in [1.807, 2.05) is 18.2 Å². The van der Waals surface area contributed by atoms with Gasteiger partial charge >= 0.3 is 6.01 Å². The predicted octanol–water partition coefficient (Wildman–Crippen LogP) is 2.69. The zero-order chi connectivity index (χ0) is 10.1. The molecule has 0 aliphatic heterocycles. The van der Waals surface area contributed by atoms with Gasteiger partial charge in [0.05, 0.1) is 5.56 Å². The van der Waals surface area contributed by atoms with E-state index in [0.717, 1.165) is 13.6 Å². The second-order valence-electron chi connectivity index (χ2n) is 2.57.